The number of ether oxygens (including phenoxy) is 1. The third kappa shape index (κ3) is 4.62. The van der Waals surface area contributed by atoms with E-state index < -0.39 is 40.5 Å². The summed E-state index contributed by atoms with van der Waals surface area (Å²) in [7, 11) is -5.04. The molecule has 188 valence electrons. The van der Waals surface area contributed by atoms with Crippen molar-refractivity contribution >= 4 is 16.9 Å². The Morgan fingerprint density at radius 1 is 1.06 bits per heavy atom. The number of aromatic nitrogens is 2. The number of aromatic amines is 1. The van der Waals surface area contributed by atoms with E-state index in [0.29, 0.717) is 6.61 Å². The largest absolute Gasteiger partial charge is 0.407 e. The van der Waals surface area contributed by atoms with Gasteiger partial charge in [-0.3, -0.25) is 14.3 Å². The van der Waals surface area contributed by atoms with Crippen LogP contribution < -0.4 is 11.2 Å². The van der Waals surface area contributed by atoms with Gasteiger partial charge in [-0.15, -0.1) is 0 Å². The average Bonchev–Trinajstić information content (AvgIpc) is 2.95. The number of hydrogen-bond donors (Lipinski definition) is 1. The van der Waals surface area contributed by atoms with Gasteiger partial charge < -0.3 is 18.0 Å². The smallest absolute Gasteiger partial charge is 0.349 e. The van der Waals surface area contributed by atoms with Gasteiger partial charge in [0.25, 0.3) is 5.56 Å². The van der Waals surface area contributed by atoms with Crippen molar-refractivity contribution in [3.63, 3.8) is 0 Å². The summed E-state index contributed by atoms with van der Waals surface area (Å²) >= 11 is 0. The summed E-state index contributed by atoms with van der Waals surface area (Å²) in [5.74, 6) is 0. The summed E-state index contributed by atoms with van der Waals surface area (Å²) in [6, 6.07) is 1.33. The molecule has 0 spiro atoms. The molecule has 2 aliphatic rings. The van der Waals surface area contributed by atoms with Crippen LogP contribution in [0, 0.1) is 0 Å². The number of nitrogens with one attached hydrogen (secondary N) is 1. The molecule has 3 rings (SSSR count). The summed E-state index contributed by atoms with van der Waals surface area (Å²) in [6.45, 7) is 24.4. The molecule has 10 heteroatoms. The topological polar surface area (TPSA) is 91.8 Å². The molecule has 2 fully saturated rings. The summed E-state index contributed by atoms with van der Waals surface area (Å²) < 4.78 is 28.3. The lowest BCUT2D eigenvalue weighted by Crippen LogP contribution is -2.66. The first kappa shape index (κ1) is 26.6. The third-order valence-electron chi connectivity index (χ3n) is 7.38. The molecule has 2 saturated heterocycles. The molecule has 0 radical (unpaired) electrons. The van der Waals surface area contributed by atoms with Crippen LogP contribution in [0.5, 0.6) is 0 Å². The highest BCUT2D eigenvalue weighted by molar-refractivity contribution is 6.74. The molecule has 8 nitrogen and oxygen atoms in total. The molecule has 0 unspecified atom stereocenters. The van der Waals surface area contributed by atoms with E-state index in [-0.39, 0.29) is 27.3 Å². The van der Waals surface area contributed by atoms with Gasteiger partial charge in [-0.2, -0.15) is 0 Å². The Labute approximate surface area is 199 Å². The second-order valence-corrected chi connectivity index (χ2v) is 22.4. The highest BCUT2D eigenvalue weighted by atomic mass is 28.4. The normalized spacial score (nSPS) is 28.6. The zero-order valence-corrected chi connectivity index (χ0v) is 24.1. The Kier molecular flexibility index (Phi) is 6.65. The van der Waals surface area contributed by atoms with Gasteiger partial charge in [0.2, 0.25) is 0 Å². The highest BCUT2D eigenvalue weighted by Crippen LogP contribution is 2.56. The second-order valence-electron chi connectivity index (χ2n) is 12.9. The standard InChI is InChI=1S/C23H42N2O6Si2/c1-21(2,3)32(10,11)30-18-17-15(29-19(18)25-13-12-16(26)24-20(25)27)14-28-33(31-17,22(4,5)6)23(7,8)9/h12-13,15,17-19H,14H2,1-11H3,(H,24,26,27)/t15-,17-,18-,19-/m1/s1. The third-order valence-corrected chi connectivity index (χ3v) is 17.0. The summed E-state index contributed by atoms with van der Waals surface area (Å²) in [5.41, 5.74) is -0.967. The van der Waals surface area contributed by atoms with E-state index in [1.807, 2.05) is 0 Å². The minimum atomic E-state index is -2.78. The van der Waals surface area contributed by atoms with Crippen molar-refractivity contribution in [2.75, 3.05) is 6.61 Å². The van der Waals surface area contributed by atoms with Gasteiger partial charge in [-0.1, -0.05) is 62.3 Å². The van der Waals surface area contributed by atoms with Gasteiger partial charge in [-0.25, -0.2) is 4.79 Å². The Bertz CT molecular complexity index is 969. The fraction of sp³-hybridized carbons (Fsp3) is 0.826. The lowest BCUT2D eigenvalue weighted by atomic mass is 10.1. The van der Waals surface area contributed by atoms with Crippen LogP contribution in [0.2, 0.25) is 28.2 Å². The van der Waals surface area contributed by atoms with E-state index in [1.165, 1.54) is 16.8 Å². The van der Waals surface area contributed by atoms with E-state index in [4.69, 9.17) is 18.0 Å². The van der Waals surface area contributed by atoms with Crippen LogP contribution >= 0.6 is 0 Å². The van der Waals surface area contributed by atoms with Gasteiger partial charge in [0.05, 0.1) is 6.61 Å². The number of H-pyrrole nitrogens is 1. The maximum atomic E-state index is 12.7. The molecule has 0 saturated carbocycles. The van der Waals surface area contributed by atoms with E-state index >= 15 is 0 Å². The molecule has 1 aromatic rings. The SMILES string of the molecule is CC(C)(C)[Si](C)(C)O[C@@H]1[C@@H]2O[Si](C(C)(C)C)(C(C)(C)C)OC[C@H]2O[C@H]1n1ccc(=O)[nH]c1=O. The summed E-state index contributed by atoms with van der Waals surface area (Å²) in [5, 5.41) is -0.422. The number of nitrogens with zero attached hydrogens (tertiary/aromatic N) is 1. The van der Waals surface area contributed by atoms with Gasteiger partial charge >= 0.3 is 14.3 Å². The predicted molar refractivity (Wildman–Crippen MR) is 133 cm³/mol. The van der Waals surface area contributed by atoms with Crippen LogP contribution in [0.4, 0.5) is 0 Å². The Balaban J connectivity index is 2.11. The number of fused-ring (bicyclic) bond motifs is 1. The van der Waals surface area contributed by atoms with Crippen molar-refractivity contribution in [2.24, 2.45) is 0 Å². The Morgan fingerprint density at radius 3 is 2.12 bits per heavy atom. The van der Waals surface area contributed by atoms with E-state index in [0.717, 1.165) is 0 Å². The summed E-state index contributed by atoms with van der Waals surface area (Å²) in [6.07, 6.45) is -0.480. The van der Waals surface area contributed by atoms with Crippen molar-refractivity contribution in [1.82, 2.24) is 9.55 Å². The van der Waals surface area contributed by atoms with Crippen molar-refractivity contribution in [1.29, 1.82) is 0 Å². The van der Waals surface area contributed by atoms with Crippen LogP contribution in [-0.4, -0.2) is 51.3 Å². The van der Waals surface area contributed by atoms with Crippen LogP contribution in [-0.2, 0) is 18.0 Å². The molecule has 0 aromatic carbocycles. The lowest BCUT2D eigenvalue weighted by Gasteiger charge is -2.54. The number of hydrogen-bond acceptors (Lipinski definition) is 6. The molecule has 0 bridgehead atoms. The Morgan fingerprint density at radius 2 is 1.64 bits per heavy atom. The molecule has 33 heavy (non-hydrogen) atoms. The van der Waals surface area contributed by atoms with Crippen LogP contribution in [0.3, 0.4) is 0 Å². The van der Waals surface area contributed by atoms with Crippen molar-refractivity contribution in [2.45, 2.75) is 115 Å². The van der Waals surface area contributed by atoms with E-state index in [9.17, 15) is 9.59 Å². The van der Waals surface area contributed by atoms with Crippen molar-refractivity contribution in [3.8, 4) is 0 Å². The predicted octanol–water partition coefficient (Wildman–Crippen LogP) is 4.28. The van der Waals surface area contributed by atoms with Crippen molar-refractivity contribution in [3.05, 3.63) is 33.1 Å². The monoisotopic (exact) mass is 498 g/mol. The second kappa shape index (κ2) is 8.27. The summed E-state index contributed by atoms with van der Waals surface area (Å²) in [4.78, 5) is 26.7. The first-order chi connectivity index (χ1) is 14.8. The van der Waals surface area contributed by atoms with E-state index in [2.05, 4.69) is 80.4 Å². The zero-order chi connectivity index (χ0) is 25.2. The molecule has 3 heterocycles. The first-order valence-corrected chi connectivity index (χ1v) is 16.5. The first-order valence-electron chi connectivity index (χ1n) is 11.8. The molecular weight excluding hydrogens is 456 g/mol. The quantitative estimate of drug-likeness (QED) is 0.625. The fourth-order valence-corrected chi connectivity index (χ4v) is 11.1. The molecule has 0 amide bonds. The van der Waals surface area contributed by atoms with Crippen LogP contribution in [0.15, 0.2) is 21.9 Å². The van der Waals surface area contributed by atoms with E-state index in [1.54, 1.807) is 0 Å². The van der Waals surface area contributed by atoms with Gasteiger partial charge in [0.15, 0.2) is 14.5 Å². The maximum Gasteiger partial charge on any atom is 0.349 e. The zero-order valence-electron chi connectivity index (χ0n) is 22.1. The molecule has 4 atom stereocenters. The Hall–Kier alpha value is -1.05. The fourth-order valence-electron chi connectivity index (χ4n) is 4.82. The van der Waals surface area contributed by atoms with Gasteiger partial charge in [0.1, 0.15) is 18.3 Å². The van der Waals surface area contributed by atoms with Crippen LogP contribution in [0.1, 0.15) is 68.5 Å². The number of rotatable bonds is 3. The molecular formula is C23H42N2O6Si2. The molecule has 2 aliphatic heterocycles. The highest BCUT2D eigenvalue weighted by Gasteiger charge is 2.65. The minimum Gasteiger partial charge on any atom is -0.407 e. The molecule has 1 N–H and O–H groups in total. The van der Waals surface area contributed by atoms with Crippen LogP contribution in [0.25, 0.3) is 0 Å². The minimum absolute atomic E-state index is 0.0423. The molecule has 0 aliphatic carbocycles. The average molecular weight is 499 g/mol. The molecule has 1 aromatic heterocycles. The van der Waals surface area contributed by atoms with Gasteiger partial charge in [0, 0.05) is 22.3 Å². The van der Waals surface area contributed by atoms with Crippen molar-refractivity contribution < 1.29 is 18.0 Å². The van der Waals surface area contributed by atoms with Gasteiger partial charge in [-0.05, 0) is 18.1 Å². The maximum absolute atomic E-state index is 12.7. The lowest BCUT2D eigenvalue weighted by molar-refractivity contribution is -0.0809.